The van der Waals surface area contributed by atoms with Gasteiger partial charge >= 0.3 is 0 Å². The van der Waals surface area contributed by atoms with Gasteiger partial charge in [-0.05, 0) is 70.8 Å². The lowest BCUT2D eigenvalue weighted by molar-refractivity contribution is 0.666. The summed E-state index contributed by atoms with van der Waals surface area (Å²) in [7, 11) is 0. The summed E-state index contributed by atoms with van der Waals surface area (Å²) in [6.07, 6.45) is 0. The quantitative estimate of drug-likeness (QED) is 0.169. The number of fused-ring (bicyclic) bond motifs is 8. The van der Waals surface area contributed by atoms with Crippen LogP contribution in [0.15, 0.2) is 200 Å². The zero-order chi connectivity index (χ0) is 40.7. The molecule has 1 aliphatic rings. The molecule has 8 aromatic carbocycles. The summed E-state index contributed by atoms with van der Waals surface area (Å²) in [4.78, 5) is 15.2. The summed E-state index contributed by atoms with van der Waals surface area (Å²) in [6.45, 7) is 4.76. The van der Waals surface area contributed by atoms with Gasteiger partial charge in [-0.1, -0.05) is 166 Å². The third-order valence-electron chi connectivity index (χ3n) is 12.5. The lowest BCUT2D eigenvalue weighted by Crippen LogP contribution is -2.14. The molecule has 11 aromatic rings. The van der Waals surface area contributed by atoms with Gasteiger partial charge in [0.25, 0.3) is 0 Å². The number of hydrogen-bond donors (Lipinski definition) is 0. The van der Waals surface area contributed by atoms with Gasteiger partial charge in [-0.25, -0.2) is 15.0 Å². The Morgan fingerprint density at radius 1 is 0.361 bits per heavy atom. The Hall–Kier alpha value is -7.89. The molecule has 5 heteroatoms. The second-order valence-corrected chi connectivity index (χ2v) is 16.5. The maximum Gasteiger partial charge on any atom is 0.164 e. The minimum Gasteiger partial charge on any atom is -0.309 e. The first-order valence-electron chi connectivity index (χ1n) is 20.9. The van der Waals surface area contributed by atoms with E-state index in [4.69, 9.17) is 15.0 Å². The average molecular weight is 782 g/mol. The van der Waals surface area contributed by atoms with Crippen molar-refractivity contribution in [1.82, 2.24) is 24.1 Å². The topological polar surface area (TPSA) is 48.5 Å². The van der Waals surface area contributed by atoms with Crippen molar-refractivity contribution < 1.29 is 0 Å². The van der Waals surface area contributed by atoms with Crippen LogP contribution in [-0.4, -0.2) is 24.1 Å². The molecule has 0 bridgehead atoms. The van der Waals surface area contributed by atoms with Crippen molar-refractivity contribution in [1.29, 1.82) is 0 Å². The van der Waals surface area contributed by atoms with Gasteiger partial charge in [-0.3, -0.25) is 0 Å². The van der Waals surface area contributed by atoms with Crippen molar-refractivity contribution in [2.24, 2.45) is 0 Å². The summed E-state index contributed by atoms with van der Waals surface area (Å²) in [5.74, 6) is 1.91. The van der Waals surface area contributed by atoms with E-state index in [1.165, 1.54) is 55.2 Å². The van der Waals surface area contributed by atoms with Gasteiger partial charge < -0.3 is 9.13 Å². The summed E-state index contributed by atoms with van der Waals surface area (Å²) in [6, 6.07) is 71.2. The molecule has 3 heterocycles. The first-order chi connectivity index (χ1) is 30.0. The molecular formula is C56H39N5. The third-order valence-corrected chi connectivity index (χ3v) is 12.5. The van der Waals surface area contributed by atoms with Gasteiger partial charge in [0.05, 0.1) is 22.2 Å². The summed E-state index contributed by atoms with van der Waals surface area (Å²) < 4.78 is 4.92. The molecule has 0 amide bonds. The van der Waals surface area contributed by atoms with Gasteiger partial charge in [-0.15, -0.1) is 0 Å². The Morgan fingerprint density at radius 3 is 1.56 bits per heavy atom. The Morgan fingerprint density at radius 2 is 0.885 bits per heavy atom. The van der Waals surface area contributed by atoms with Gasteiger partial charge in [0.15, 0.2) is 17.5 Å². The summed E-state index contributed by atoms with van der Waals surface area (Å²) >= 11 is 0. The van der Waals surface area contributed by atoms with Crippen molar-refractivity contribution >= 4 is 32.7 Å². The van der Waals surface area contributed by atoms with E-state index in [9.17, 15) is 0 Å². The largest absolute Gasteiger partial charge is 0.309 e. The standard InChI is InChI=1S/C56H39N5/c1-56(2)47-29-16-15-28-43(47)52-51(56)46-34-45-44-33-39(36-18-7-3-8-19-36)30-31-48(44)60(49(45)35-50(46)61(52)41-25-13-6-14-26-41)42-27-17-24-40(32-42)55-58-53(37-20-9-4-10-21-37)57-54(59-55)38-22-11-5-12-23-38/h3-35H,1-2H3. The minimum absolute atomic E-state index is 0.193. The molecule has 0 fully saturated rings. The maximum absolute atomic E-state index is 5.10. The van der Waals surface area contributed by atoms with E-state index in [-0.39, 0.29) is 5.41 Å². The number of benzene rings is 8. The highest BCUT2D eigenvalue weighted by Gasteiger charge is 2.40. The molecule has 0 spiro atoms. The van der Waals surface area contributed by atoms with E-state index in [2.05, 4.69) is 163 Å². The predicted molar refractivity (Wildman–Crippen MR) is 250 cm³/mol. The lowest BCUT2D eigenvalue weighted by atomic mass is 9.81. The number of hydrogen-bond acceptors (Lipinski definition) is 3. The monoisotopic (exact) mass is 781 g/mol. The van der Waals surface area contributed by atoms with E-state index in [0.29, 0.717) is 17.5 Å². The van der Waals surface area contributed by atoms with Crippen molar-refractivity contribution in [3.63, 3.8) is 0 Å². The fourth-order valence-corrected chi connectivity index (χ4v) is 9.71. The van der Waals surface area contributed by atoms with Crippen molar-refractivity contribution in [3.8, 4) is 67.9 Å². The van der Waals surface area contributed by atoms with Crippen LogP contribution in [0.3, 0.4) is 0 Å². The summed E-state index contributed by atoms with van der Waals surface area (Å²) in [5, 5.41) is 3.69. The smallest absolute Gasteiger partial charge is 0.164 e. The van der Waals surface area contributed by atoms with Crippen LogP contribution in [0.2, 0.25) is 0 Å². The van der Waals surface area contributed by atoms with Crippen LogP contribution >= 0.6 is 0 Å². The van der Waals surface area contributed by atoms with Crippen LogP contribution < -0.4 is 0 Å². The molecular weight excluding hydrogens is 743 g/mol. The fraction of sp³-hybridized carbons (Fsp3) is 0.0536. The first kappa shape index (κ1) is 35.1. The van der Waals surface area contributed by atoms with Gasteiger partial charge in [0.1, 0.15) is 0 Å². The van der Waals surface area contributed by atoms with E-state index < -0.39 is 0 Å². The number of nitrogens with zero attached hydrogens (tertiary/aromatic N) is 5. The zero-order valence-corrected chi connectivity index (χ0v) is 33.8. The number of aromatic nitrogens is 5. The SMILES string of the molecule is CC1(C)c2ccccc2-c2c1c1cc3c4cc(-c5ccccc5)ccc4n(-c4cccc(-c5nc(-c6ccccc6)nc(-c6ccccc6)n5)c4)c3cc1n2-c1ccccc1. The number of rotatable bonds is 6. The third kappa shape index (κ3) is 5.51. The predicted octanol–water partition coefficient (Wildman–Crippen LogP) is 13.9. The van der Waals surface area contributed by atoms with E-state index in [1.807, 2.05) is 60.7 Å². The zero-order valence-electron chi connectivity index (χ0n) is 33.8. The molecule has 0 N–H and O–H groups in total. The molecule has 3 aromatic heterocycles. The fourth-order valence-electron chi connectivity index (χ4n) is 9.71. The van der Waals surface area contributed by atoms with Crippen LogP contribution in [0.4, 0.5) is 0 Å². The van der Waals surface area contributed by atoms with Crippen LogP contribution in [-0.2, 0) is 5.41 Å². The Balaban J connectivity index is 1.14. The van der Waals surface area contributed by atoms with Crippen LogP contribution in [0.5, 0.6) is 0 Å². The lowest BCUT2D eigenvalue weighted by Gasteiger charge is -2.21. The highest BCUT2D eigenvalue weighted by atomic mass is 15.0. The second-order valence-electron chi connectivity index (χ2n) is 16.5. The molecule has 0 unspecified atom stereocenters. The van der Waals surface area contributed by atoms with E-state index in [0.717, 1.165) is 39.1 Å². The molecule has 0 saturated carbocycles. The average Bonchev–Trinajstić information content (AvgIpc) is 3.92. The molecule has 5 nitrogen and oxygen atoms in total. The van der Waals surface area contributed by atoms with E-state index in [1.54, 1.807) is 0 Å². The summed E-state index contributed by atoms with van der Waals surface area (Å²) in [5.41, 5.74) is 15.9. The molecule has 1 aliphatic carbocycles. The molecule has 0 atom stereocenters. The van der Waals surface area contributed by atoms with Gasteiger partial charge in [0.2, 0.25) is 0 Å². The second kappa shape index (κ2) is 13.6. The molecule has 0 radical (unpaired) electrons. The minimum atomic E-state index is -0.193. The van der Waals surface area contributed by atoms with Gasteiger partial charge in [0, 0.05) is 55.2 Å². The first-order valence-corrected chi connectivity index (χ1v) is 20.9. The van der Waals surface area contributed by atoms with Crippen molar-refractivity contribution in [2.45, 2.75) is 19.3 Å². The Labute approximate surface area is 353 Å². The highest BCUT2D eigenvalue weighted by molar-refractivity contribution is 6.16. The number of para-hydroxylation sites is 1. The molecule has 0 aliphatic heterocycles. The van der Waals surface area contributed by atoms with Gasteiger partial charge in [-0.2, -0.15) is 0 Å². The van der Waals surface area contributed by atoms with Crippen molar-refractivity contribution in [2.75, 3.05) is 0 Å². The molecule has 12 rings (SSSR count). The van der Waals surface area contributed by atoms with E-state index >= 15 is 0 Å². The Bertz CT molecular complexity index is 3420. The van der Waals surface area contributed by atoms with Crippen LogP contribution in [0.1, 0.15) is 25.0 Å². The highest BCUT2D eigenvalue weighted by Crippen LogP contribution is 2.54. The molecule has 0 saturated heterocycles. The van der Waals surface area contributed by atoms with Crippen LogP contribution in [0.25, 0.3) is 101 Å². The van der Waals surface area contributed by atoms with Crippen LogP contribution in [0, 0.1) is 0 Å². The van der Waals surface area contributed by atoms with Crippen molar-refractivity contribution in [3.05, 3.63) is 211 Å². The molecule has 61 heavy (non-hydrogen) atoms. The Kier molecular flexibility index (Phi) is 7.81. The maximum atomic E-state index is 5.10. The normalized spacial score (nSPS) is 12.9. The molecule has 288 valence electrons.